The summed E-state index contributed by atoms with van der Waals surface area (Å²) in [5.41, 5.74) is 12.8. The van der Waals surface area contributed by atoms with E-state index in [1.807, 2.05) is 0 Å². The third kappa shape index (κ3) is 3.82. The molecule has 214 valence electrons. The fraction of sp³-hybridized carbons (Fsp3) is 0.0698. The number of rotatable bonds is 4. The molecule has 1 heterocycles. The molecule has 7 aromatic carbocycles. The lowest BCUT2D eigenvalue weighted by atomic mass is 9.79. The van der Waals surface area contributed by atoms with Crippen LogP contribution in [0, 0.1) is 0 Å². The van der Waals surface area contributed by atoms with Crippen LogP contribution in [-0.2, 0) is 5.41 Å². The normalized spacial score (nSPS) is 13.3. The Balaban J connectivity index is 1.30. The van der Waals surface area contributed by atoms with E-state index in [2.05, 4.69) is 170 Å². The van der Waals surface area contributed by atoms with E-state index in [-0.39, 0.29) is 5.41 Å². The number of para-hydroxylation sites is 1. The summed E-state index contributed by atoms with van der Waals surface area (Å²) in [6.45, 7) is 4.72. The van der Waals surface area contributed by atoms with E-state index in [4.69, 9.17) is 4.42 Å². The van der Waals surface area contributed by atoms with E-state index in [0.717, 1.165) is 39.0 Å². The first-order valence-electron chi connectivity index (χ1n) is 15.6. The summed E-state index contributed by atoms with van der Waals surface area (Å²) in [6.07, 6.45) is 0. The fourth-order valence-corrected chi connectivity index (χ4v) is 7.56. The quantitative estimate of drug-likeness (QED) is 0.207. The third-order valence-electron chi connectivity index (χ3n) is 9.61. The second-order valence-electron chi connectivity index (χ2n) is 12.5. The number of benzene rings is 7. The van der Waals surface area contributed by atoms with Gasteiger partial charge in [0.25, 0.3) is 0 Å². The van der Waals surface area contributed by atoms with E-state index >= 15 is 0 Å². The molecule has 0 aliphatic heterocycles. The molecule has 0 saturated heterocycles. The second-order valence-corrected chi connectivity index (χ2v) is 12.5. The van der Waals surface area contributed by atoms with E-state index < -0.39 is 0 Å². The Labute approximate surface area is 262 Å². The summed E-state index contributed by atoms with van der Waals surface area (Å²) in [6, 6.07) is 54.3. The Morgan fingerprint density at radius 3 is 1.89 bits per heavy atom. The first-order chi connectivity index (χ1) is 22.1. The van der Waals surface area contributed by atoms with Crippen LogP contribution in [0.5, 0.6) is 0 Å². The largest absolute Gasteiger partial charge is 0.455 e. The van der Waals surface area contributed by atoms with Gasteiger partial charge in [0.15, 0.2) is 0 Å². The maximum Gasteiger partial charge on any atom is 0.143 e. The molecule has 0 saturated carbocycles. The number of hydrogen-bond acceptors (Lipinski definition) is 2. The first-order valence-corrected chi connectivity index (χ1v) is 15.6. The van der Waals surface area contributed by atoms with Gasteiger partial charge in [-0.15, -0.1) is 0 Å². The molecule has 0 N–H and O–H groups in total. The van der Waals surface area contributed by atoms with Crippen molar-refractivity contribution in [2.24, 2.45) is 0 Å². The minimum atomic E-state index is -0.173. The average molecular weight is 578 g/mol. The average Bonchev–Trinajstić information content (AvgIpc) is 3.58. The Kier molecular flexibility index (Phi) is 5.58. The molecule has 9 rings (SSSR count). The van der Waals surface area contributed by atoms with E-state index in [0.29, 0.717) is 0 Å². The van der Waals surface area contributed by atoms with Crippen molar-refractivity contribution in [2.75, 3.05) is 4.90 Å². The highest BCUT2D eigenvalue weighted by Crippen LogP contribution is 2.56. The molecule has 8 aromatic rings. The smallest absolute Gasteiger partial charge is 0.143 e. The van der Waals surface area contributed by atoms with E-state index in [9.17, 15) is 0 Å². The second kappa shape index (κ2) is 9.70. The number of anilines is 3. The standard InChI is InChI=1S/C43H31NO/c1-43(2)37-20-12-11-19-35(37)39-33-17-9-10-18-34(33)42-40(41(39)43)36-27-32(25-26-38(36)45-42)44(30-15-7-4-8-16-30)31-23-21-29(22-24-31)28-13-5-3-6-14-28/h3-27H,1-2H3. The van der Waals surface area contributed by atoms with Gasteiger partial charge in [-0.3, -0.25) is 0 Å². The van der Waals surface area contributed by atoms with Gasteiger partial charge in [-0.05, 0) is 81.2 Å². The number of hydrogen-bond donors (Lipinski definition) is 0. The summed E-state index contributed by atoms with van der Waals surface area (Å²) in [7, 11) is 0. The molecule has 1 aliphatic carbocycles. The van der Waals surface area contributed by atoms with Crippen LogP contribution in [0.25, 0.3) is 55.0 Å². The zero-order chi connectivity index (χ0) is 30.1. The van der Waals surface area contributed by atoms with Crippen LogP contribution < -0.4 is 4.90 Å². The van der Waals surface area contributed by atoms with E-state index in [1.54, 1.807) is 0 Å². The molecule has 2 nitrogen and oxygen atoms in total. The Morgan fingerprint density at radius 1 is 0.511 bits per heavy atom. The van der Waals surface area contributed by atoms with E-state index in [1.165, 1.54) is 44.2 Å². The maximum atomic E-state index is 6.78. The summed E-state index contributed by atoms with van der Waals surface area (Å²) in [5.74, 6) is 0. The molecule has 0 unspecified atom stereocenters. The van der Waals surface area contributed by atoms with Crippen molar-refractivity contribution in [3.05, 3.63) is 163 Å². The predicted molar refractivity (Wildman–Crippen MR) is 189 cm³/mol. The zero-order valence-electron chi connectivity index (χ0n) is 25.3. The lowest BCUT2D eigenvalue weighted by Crippen LogP contribution is -2.15. The van der Waals surface area contributed by atoms with Gasteiger partial charge in [0.2, 0.25) is 0 Å². The Hall–Kier alpha value is -5.60. The number of fused-ring (bicyclic) bond motifs is 10. The van der Waals surface area contributed by atoms with Gasteiger partial charge in [0, 0.05) is 38.6 Å². The van der Waals surface area contributed by atoms with Gasteiger partial charge in [0.1, 0.15) is 11.2 Å². The Morgan fingerprint density at radius 2 is 1.11 bits per heavy atom. The molecule has 1 aromatic heterocycles. The third-order valence-corrected chi connectivity index (χ3v) is 9.61. The van der Waals surface area contributed by atoms with Crippen LogP contribution in [0.4, 0.5) is 17.1 Å². The molecular formula is C43H31NO. The highest BCUT2D eigenvalue weighted by molar-refractivity contribution is 6.23. The highest BCUT2D eigenvalue weighted by atomic mass is 16.3. The van der Waals surface area contributed by atoms with Gasteiger partial charge >= 0.3 is 0 Å². The first kappa shape index (κ1) is 25.9. The molecular weight excluding hydrogens is 546 g/mol. The lowest BCUT2D eigenvalue weighted by Gasteiger charge is -2.26. The minimum absolute atomic E-state index is 0.173. The number of nitrogens with zero attached hydrogens (tertiary/aromatic N) is 1. The van der Waals surface area contributed by atoms with Crippen LogP contribution >= 0.6 is 0 Å². The summed E-state index contributed by atoms with van der Waals surface area (Å²) in [5, 5.41) is 4.77. The molecule has 0 fully saturated rings. The van der Waals surface area contributed by atoms with Crippen molar-refractivity contribution >= 4 is 49.8 Å². The summed E-state index contributed by atoms with van der Waals surface area (Å²) < 4.78 is 6.78. The van der Waals surface area contributed by atoms with Crippen molar-refractivity contribution in [3.63, 3.8) is 0 Å². The van der Waals surface area contributed by atoms with Crippen molar-refractivity contribution in [1.29, 1.82) is 0 Å². The van der Waals surface area contributed by atoms with Crippen LogP contribution in [0.15, 0.2) is 156 Å². The van der Waals surface area contributed by atoms with Gasteiger partial charge in [0.05, 0.1) is 0 Å². The maximum absolute atomic E-state index is 6.78. The van der Waals surface area contributed by atoms with Crippen LogP contribution in [0.1, 0.15) is 25.0 Å². The lowest BCUT2D eigenvalue weighted by molar-refractivity contribution is 0.659. The topological polar surface area (TPSA) is 16.4 Å². The molecule has 0 amide bonds. The SMILES string of the molecule is CC1(C)c2ccccc2-c2c1c1c3cc(N(c4ccccc4)c4ccc(-c5ccccc5)cc4)ccc3oc1c1ccccc21. The fourth-order valence-electron chi connectivity index (χ4n) is 7.56. The predicted octanol–water partition coefficient (Wildman–Crippen LogP) is 12.2. The van der Waals surface area contributed by atoms with Crippen molar-refractivity contribution in [1.82, 2.24) is 0 Å². The number of furan rings is 1. The van der Waals surface area contributed by atoms with Crippen molar-refractivity contribution < 1.29 is 4.42 Å². The molecule has 0 bridgehead atoms. The molecule has 0 radical (unpaired) electrons. The van der Waals surface area contributed by atoms with Gasteiger partial charge in [-0.2, -0.15) is 0 Å². The van der Waals surface area contributed by atoms with Crippen LogP contribution in [0.2, 0.25) is 0 Å². The molecule has 0 atom stereocenters. The summed E-state index contributed by atoms with van der Waals surface area (Å²) in [4.78, 5) is 2.34. The Bertz CT molecular complexity index is 2380. The zero-order valence-corrected chi connectivity index (χ0v) is 25.3. The summed E-state index contributed by atoms with van der Waals surface area (Å²) >= 11 is 0. The molecule has 0 spiro atoms. The van der Waals surface area contributed by atoms with Crippen LogP contribution in [-0.4, -0.2) is 0 Å². The van der Waals surface area contributed by atoms with Gasteiger partial charge in [-0.1, -0.05) is 123 Å². The monoisotopic (exact) mass is 577 g/mol. The molecule has 2 heteroatoms. The van der Waals surface area contributed by atoms with Gasteiger partial charge < -0.3 is 9.32 Å². The molecule has 45 heavy (non-hydrogen) atoms. The van der Waals surface area contributed by atoms with Gasteiger partial charge in [-0.25, -0.2) is 0 Å². The van der Waals surface area contributed by atoms with Crippen molar-refractivity contribution in [3.8, 4) is 22.3 Å². The minimum Gasteiger partial charge on any atom is -0.455 e. The van der Waals surface area contributed by atoms with Crippen LogP contribution in [0.3, 0.4) is 0 Å². The van der Waals surface area contributed by atoms with Crippen molar-refractivity contribution in [2.45, 2.75) is 19.3 Å². The highest BCUT2D eigenvalue weighted by Gasteiger charge is 2.39. The molecule has 1 aliphatic rings.